The molecule has 1 saturated heterocycles. The minimum Gasteiger partial charge on any atom is -0.341 e. The van der Waals surface area contributed by atoms with Crippen molar-refractivity contribution in [3.8, 4) is 0 Å². The number of urea groups is 1. The van der Waals surface area contributed by atoms with Gasteiger partial charge in [0.1, 0.15) is 0 Å². The summed E-state index contributed by atoms with van der Waals surface area (Å²) in [5.74, 6) is 0.0334. The largest absolute Gasteiger partial charge is 0.341 e. The smallest absolute Gasteiger partial charge is 0.317 e. The van der Waals surface area contributed by atoms with Crippen LogP contribution >= 0.6 is 0 Å². The molecule has 22 heavy (non-hydrogen) atoms. The molecular weight excluding hydrogens is 308 g/mol. The maximum Gasteiger partial charge on any atom is 0.317 e. The van der Waals surface area contributed by atoms with Crippen LogP contribution in [0.5, 0.6) is 0 Å². The number of hydrogen-bond acceptors (Lipinski definition) is 4. The van der Waals surface area contributed by atoms with Crippen LogP contribution < -0.4 is 5.32 Å². The van der Waals surface area contributed by atoms with Crippen LogP contribution in [-0.2, 0) is 14.8 Å². The number of sulfonamides is 1. The standard InChI is InChI=1S/C13H26N4O4S/c1-12(18)16-8-5-9-17(11-10-16)13(19)14-6-4-7-15(2)22(3,20)21/h4-11H2,1-3H3,(H,14,19). The van der Waals surface area contributed by atoms with E-state index in [1.165, 1.54) is 18.3 Å². The Morgan fingerprint density at radius 1 is 1.14 bits per heavy atom. The highest BCUT2D eigenvalue weighted by molar-refractivity contribution is 7.88. The van der Waals surface area contributed by atoms with E-state index in [1.807, 2.05) is 0 Å². The van der Waals surface area contributed by atoms with Crippen LogP contribution in [0.1, 0.15) is 19.8 Å². The zero-order chi connectivity index (χ0) is 16.8. The van der Waals surface area contributed by atoms with E-state index < -0.39 is 10.0 Å². The second-order valence-corrected chi connectivity index (χ2v) is 7.61. The molecule has 0 unspecified atom stereocenters. The molecule has 0 aromatic carbocycles. The molecule has 8 nitrogen and oxygen atoms in total. The number of hydrogen-bond donors (Lipinski definition) is 1. The van der Waals surface area contributed by atoms with Crippen molar-refractivity contribution >= 4 is 22.0 Å². The summed E-state index contributed by atoms with van der Waals surface area (Å²) in [6, 6.07) is -0.160. The number of nitrogens with zero attached hydrogens (tertiary/aromatic N) is 3. The van der Waals surface area contributed by atoms with E-state index in [2.05, 4.69) is 5.32 Å². The summed E-state index contributed by atoms with van der Waals surface area (Å²) in [6.07, 6.45) is 2.48. The third-order valence-corrected chi connectivity index (χ3v) is 5.04. The molecule has 0 aliphatic carbocycles. The molecular formula is C13H26N4O4S. The molecule has 1 N–H and O–H groups in total. The fourth-order valence-corrected chi connectivity index (χ4v) is 2.67. The number of nitrogens with one attached hydrogen (secondary N) is 1. The quantitative estimate of drug-likeness (QED) is 0.689. The van der Waals surface area contributed by atoms with Crippen molar-refractivity contribution in [2.45, 2.75) is 19.8 Å². The molecule has 0 atom stereocenters. The Bertz CT molecular complexity index is 494. The number of amides is 3. The normalized spacial score (nSPS) is 16.5. The van der Waals surface area contributed by atoms with Crippen LogP contribution in [0.25, 0.3) is 0 Å². The van der Waals surface area contributed by atoms with Gasteiger partial charge in [0.25, 0.3) is 0 Å². The van der Waals surface area contributed by atoms with Gasteiger partial charge in [-0.25, -0.2) is 17.5 Å². The van der Waals surface area contributed by atoms with E-state index in [0.29, 0.717) is 45.7 Å². The summed E-state index contributed by atoms with van der Waals surface area (Å²) in [5.41, 5.74) is 0. The molecule has 1 aliphatic heterocycles. The zero-order valence-corrected chi connectivity index (χ0v) is 14.4. The third-order valence-electron chi connectivity index (χ3n) is 3.72. The highest BCUT2D eigenvalue weighted by atomic mass is 32.2. The van der Waals surface area contributed by atoms with E-state index in [-0.39, 0.29) is 11.9 Å². The molecule has 1 fully saturated rings. The maximum atomic E-state index is 12.0. The lowest BCUT2D eigenvalue weighted by molar-refractivity contribution is -0.128. The van der Waals surface area contributed by atoms with Crippen molar-refractivity contribution in [2.75, 3.05) is 52.6 Å². The second-order valence-electron chi connectivity index (χ2n) is 5.52. The second kappa shape index (κ2) is 8.33. The summed E-state index contributed by atoms with van der Waals surface area (Å²) in [7, 11) is -1.65. The summed E-state index contributed by atoms with van der Waals surface area (Å²) < 4.78 is 23.7. The van der Waals surface area contributed by atoms with Crippen molar-refractivity contribution in [3.63, 3.8) is 0 Å². The molecule has 0 aromatic heterocycles. The minimum absolute atomic E-state index is 0.0334. The van der Waals surface area contributed by atoms with Crippen molar-refractivity contribution in [3.05, 3.63) is 0 Å². The van der Waals surface area contributed by atoms with Gasteiger partial charge in [-0.1, -0.05) is 0 Å². The van der Waals surface area contributed by atoms with E-state index >= 15 is 0 Å². The molecule has 0 spiro atoms. The molecule has 0 bridgehead atoms. The molecule has 3 amide bonds. The molecule has 0 saturated carbocycles. The van der Waals surface area contributed by atoms with Crippen LogP contribution in [-0.4, -0.2) is 87.0 Å². The first-order valence-electron chi connectivity index (χ1n) is 7.41. The van der Waals surface area contributed by atoms with Crippen LogP contribution in [0.2, 0.25) is 0 Å². The first-order chi connectivity index (χ1) is 10.2. The predicted molar refractivity (Wildman–Crippen MR) is 83.9 cm³/mol. The first-order valence-corrected chi connectivity index (χ1v) is 9.26. The minimum atomic E-state index is -3.17. The van der Waals surface area contributed by atoms with Gasteiger partial charge >= 0.3 is 6.03 Å². The lowest BCUT2D eigenvalue weighted by Crippen LogP contribution is -2.43. The Hall–Kier alpha value is -1.35. The Kier molecular flexibility index (Phi) is 7.08. The van der Waals surface area contributed by atoms with Gasteiger partial charge in [-0.3, -0.25) is 4.79 Å². The SMILES string of the molecule is CC(=O)N1CCCN(C(=O)NCCCN(C)S(C)(=O)=O)CC1. The molecule has 9 heteroatoms. The third kappa shape index (κ3) is 6.18. The topological polar surface area (TPSA) is 90.0 Å². The van der Waals surface area contributed by atoms with Crippen LogP contribution in [0.3, 0.4) is 0 Å². The number of rotatable bonds is 5. The van der Waals surface area contributed by atoms with Crippen molar-refractivity contribution in [1.82, 2.24) is 19.4 Å². The van der Waals surface area contributed by atoms with Gasteiger partial charge in [0.2, 0.25) is 15.9 Å². The lowest BCUT2D eigenvalue weighted by Gasteiger charge is -2.22. The molecule has 0 aromatic rings. The van der Waals surface area contributed by atoms with Crippen molar-refractivity contribution in [2.24, 2.45) is 0 Å². The molecule has 1 rings (SSSR count). The van der Waals surface area contributed by atoms with Gasteiger partial charge in [-0.05, 0) is 12.8 Å². The van der Waals surface area contributed by atoms with Gasteiger partial charge in [-0.2, -0.15) is 0 Å². The van der Waals surface area contributed by atoms with Crippen molar-refractivity contribution < 1.29 is 18.0 Å². The average molecular weight is 334 g/mol. The monoisotopic (exact) mass is 334 g/mol. The molecule has 128 valence electrons. The zero-order valence-electron chi connectivity index (χ0n) is 13.5. The van der Waals surface area contributed by atoms with E-state index in [9.17, 15) is 18.0 Å². The molecule has 1 aliphatic rings. The number of carbonyl (C=O) groups is 2. The summed E-state index contributed by atoms with van der Waals surface area (Å²) >= 11 is 0. The van der Waals surface area contributed by atoms with Crippen LogP contribution in [0.15, 0.2) is 0 Å². The fourth-order valence-electron chi connectivity index (χ4n) is 2.21. The van der Waals surface area contributed by atoms with Crippen LogP contribution in [0, 0.1) is 0 Å². The first kappa shape index (κ1) is 18.7. The Morgan fingerprint density at radius 2 is 1.73 bits per heavy atom. The van der Waals surface area contributed by atoms with Gasteiger partial charge in [0, 0.05) is 53.2 Å². The molecule has 0 radical (unpaired) electrons. The predicted octanol–water partition coefficient (Wildman–Crippen LogP) is -0.468. The van der Waals surface area contributed by atoms with Gasteiger partial charge < -0.3 is 15.1 Å². The average Bonchev–Trinajstić information content (AvgIpc) is 2.67. The summed E-state index contributed by atoms with van der Waals surface area (Å²) in [4.78, 5) is 26.8. The van der Waals surface area contributed by atoms with Gasteiger partial charge in [0.15, 0.2) is 0 Å². The van der Waals surface area contributed by atoms with E-state index in [4.69, 9.17) is 0 Å². The lowest BCUT2D eigenvalue weighted by atomic mass is 10.4. The van der Waals surface area contributed by atoms with Gasteiger partial charge in [0.05, 0.1) is 6.26 Å². The maximum absolute atomic E-state index is 12.0. The Labute approximate surface area is 132 Å². The highest BCUT2D eigenvalue weighted by Crippen LogP contribution is 2.03. The summed E-state index contributed by atoms with van der Waals surface area (Å²) in [5, 5.41) is 2.79. The molecule has 1 heterocycles. The highest BCUT2D eigenvalue weighted by Gasteiger charge is 2.20. The Balaban J connectivity index is 2.29. The van der Waals surface area contributed by atoms with E-state index in [0.717, 1.165) is 12.7 Å². The fraction of sp³-hybridized carbons (Fsp3) is 0.846. The van der Waals surface area contributed by atoms with Gasteiger partial charge in [-0.15, -0.1) is 0 Å². The van der Waals surface area contributed by atoms with Crippen molar-refractivity contribution in [1.29, 1.82) is 0 Å². The van der Waals surface area contributed by atoms with Crippen LogP contribution in [0.4, 0.5) is 4.79 Å². The van der Waals surface area contributed by atoms with E-state index in [1.54, 1.807) is 9.80 Å². The summed E-state index contributed by atoms with van der Waals surface area (Å²) in [6.45, 7) is 4.71. The number of carbonyl (C=O) groups excluding carboxylic acids is 2. The Morgan fingerprint density at radius 3 is 2.32 bits per heavy atom.